The fourth-order valence-electron chi connectivity index (χ4n) is 1.48. The van der Waals surface area contributed by atoms with E-state index in [4.69, 9.17) is 0 Å². The standard InChI is InChI=1S/C13H16BrNO3/c1-9-5-4-6-10(12(9)14)13(17)15(2)8-7-11(16)18-3/h4-6H,7-8H2,1-3H3. The van der Waals surface area contributed by atoms with E-state index in [0.717, 1.165) is 10.0 Å². The number of aryl methyl sites for hydroxylation is 1. The first-order valence-electron chi connectivity index (χ1n) is 5.54. The molecule has 0 radical (unpaired) electrons. The fraction of sp³-hybridized carbons (Fsp3) is 0.385. The van der Waals surface area contributed by atoms with Crippen LogP contribution >= 0.6 is 15.9 Å². The number of halogens is 1. The first-order chi connectivity index (χ1) is 8.47. The number of nitrogens with zero attached hydrogens (tertiary/aromatic N) is 1. The Morgan fingerprint density at radius 2 is 2.06 bits per heavy atom. The molecular formula is C13H16BrNO3. The Kier molecular flexibility index (Phi) is 5.34. The summed E-state index contributed by atoms with van der Waals surface area (Å²) in [5, 5.41) is 0. The average molecular weight is 314 g/mol. The molecule has 0 aliphatic carbocycles. The second-order valence-corrected chi connectivity index (χ2v) is 4.78. The molecule has 0 fully saturated rings. The Morgan fingerprint density at radius 3 is 2.67 bits per heavy atom. The second kappa shape index (κ2) is 6.54. The zero-order chi connectivity index (χ0) is 13.7. The summed E-state index contributed by atoms with van der Waals surface area (Å²) < 4.78 is 5.33. The van der Waals surface area contributed by atoms with E-state index < -0.39 is 0 Å². The Labute approximate surface area is 115 Å². The zero-order valence-electron chi connectivity index (χ0n) is 10.7. The lowest BCUT2D eigenvalue weighted by molar-refractivity contribution is -0.140. The summed E-state index contributed by atoms with van der Waals surface area (Å²) in [6.45, 7) is 2.27. The van der Waals surface area contributed by atoms with Gasteiger partial charge in [0.15, 0.2) is 0 Å². The molecule has 4 nitrogen and oxygen atoms in total. The van der Waals surface area contributed by atoms with Crippen LogP contribution in [0.2, 0.25) is 0 Å². The molecule has 98 valence electrons. The van der Waals surface area contributed by atoms with Gasteiger partial charge in [-0.3, -0.25) is 9.59 Å². The summed E-state index contributed by atoms with van der Waals surface area (Å²) in [5.74, 6) is -0.438. The van der Waals surface area contributed by atoms with Gasteiger partial charge in [-0.05, 0) is 34.5 Å². The maximum atomic E-state index is 12.2. The van der Waals surface area contributed by atoms with Gasteiger partial charge >= 0.3 is 5.97 Å². The minimum absolute atomic E-state index is 0.116. The van der Waals surface area contributed by atoms with Crippen LogP contribution in [0.5, 0.6) is 0 Å². The molecule has 0 heterocycles. The predicted molar refractivity (Wildman–Crippen MR) is 72.5 cm³/mol. The van der Waals surface area contributed by atoms with Crippen LogP contribution in [0.15, 0.2) is 22.7 Å². The van der Waals surface area contributed by atoms with Crippen molar-refractivity contribution in [2.24, 2.45) is 0 Å². The Bertz CT molecular complexity index is 460. The molecule has 0 aliphatic heterocycles. The highest BCUT2D eigenvalue weighted by Gasteiger charge is 2.16. The van der Waals surface area contributed by atoms with E-state index >= 15 is 0 Å². The normalized spacial score (nSPS) is 10.0. The summed E-state index contributed by atoms with van der Waals surface area (Å²) in [6, 6.07) is 5.52. The molecule has 1 amide bonds. The van der Waals surface area contributed by atoms with Gasteiger partial charge in [-0.2, -0.15) is 0 Å². The lowest BCUT2D eigenvalue weighted by Gasteiger charge is -2.17. The summed E-state index contributed by atoms with van der Waals surface area (Å²) >= 11 is 3.40. The van der Waals surface area contributed by atoms with Crippen LogP contribution < -0.4 is 0 Å². The van der Waals surface area contributed by atoms with Crippen molar-refractivity contribution in [3.8, 4) is 0 Å². The van der Waals surface area contributed by atoms with Crippen molar-refractivity contribution in [3.05, 3.63) is 33.8 Å². The zero-order valence-corrected chi connectivity index (χ0v) is 12.3. The summed E-state index contributed by atoms with van der Waals surface area (Å²) in [6.07, 6.45) is 0.197. The monoisotopic (exact) mass is 313 g/mol. The summed E-state index contributed by atoms with van der Waals surface area (Å²) in [5.41, 5.74) is 1.60. The van der Waals surface area contributed by atoms with E-state index in [2.05, 4.69) is 20.7 Å². The topological polar surface area (TPSA) is 46.6 Å². The first kappa shape index (κ1) is 14.7. The van der Waals surface area contributed by atoms with Crippen LogP contribution in [0.3, 0.4) is 0 Å². The summed E-state index contributed by atoms with van der Waals surface area (Å²) in [4.78, 5) is 24.7. The minimum Gasteiger partial charge on any atom is -0.469 e. The fourth-order valence-corrected chi connectivity index (χ4v) is 1.91. The lowest BCUT2D eigenvalue weighted by atomic mass is 10.1. The van der Waals surface area contributed by atoms with Gasteiger partial charge in [-0.1, -0.05) is 12.1 Å². The number of amides is 1. The van der Waals surface area contributed by atoms with Gasteiger partial charge in [0.2, 0.25) is 0 Å². The number of hydrogen-bond acceptors (Lipinski definition) is 3. The van der Waals surface area contributed by atoms with Gasteiger partial charge in [0.25, 0.3) is 5.91 Å². The van der Waals surface area contributed by atoms with Crippen molar-refractivity contribution in [2.45, 2.75) is 13.3 Å². The van der Waals surface area contributed by atoms with Crippen molar-refractivity contribution in [1.29, 1.82) is 0 Å². The predicted octanol–water partition coefficient (Wildman–Crippen LogP) is 2.39. The van der Waals surface area contributed by atoms with E-state index in [9.17, 15) is 9.59 Å². The van der Waals surface area contributed by atoms with Gasteiger partial charge in [-0.15, -0.1) is 0 Å². The molecule has 1 aromatic rings. The molecule has 5 heteroatoms. The molecule has 1 aromatic carbocycles. The quantitative estimate of drug-likeness (QED) is 0.802. The van der Waals surface area contributed by atoms with E-state index in [0.29, 0.717) is 12.1 Å². The van der Waals surface area contributed by atoms with Crippen LogP contribution in [0, 0.1) is 6.92 Å². The highest BCUT2D eigenvalue weighted by molar-refractivity contribution is 9.10. The highest BCUT2D eigenvalue weighted by atomic mass is 79.9. The van der Waals surface area contributed by atoms with Gasteiger partial charge in [0, 0.05) is 18.1 Å². The Balaban J connectivity index is 2.74. The van der Waals surface area contributed by atoms with Crippen LogP contribution in [0.25, 0.3) is 0 Å². The largest absolute Gasteiger partial charge is 0.469 e. The van der Waals surface area contributed by atoms with E-state index in [-0.39, 0.29) is 18.3 Å². The SMILES string of the molecule is COC(=O)CCN(C)C(=O)c1cccc(C)c1Br. The number of ether oxygens (including phenoxy) is 1. The average Bonchev–Trinajstić information content (AvgIpc) is 2.37. The van der Waals surface area contributed by atoms with E-state index in [1.807, 2.05) is 19.1 Å². The molecule has 1 rings (SSSR count). The molecule has 0 saturated heterocycles. The molecule has 0 spiro atoms. The molecule has 0 unspecified atom stereocenters. The number of carbonyl (C=O) groups excluding carboxylic acids is 2. The number of rotatable bonds is 4. The highest BCUT2D eigenvalue weighted by Crippen LogP contribution is 2.22. The smallest absolute Gasteiger partial charge is 0.307 e. The molecular weight excluding hydrogens is 298 g/mol. The van der Waals surface area contributed by atoms with Gasteiger partial charge in [-0.25, -0.2) is 0 Å². The molecule has 0 bridgehead atoms. The van der Waals surface area contributed by atoms with Crippen molar-refractivity contribution >= 4 is 27.8 Å². The number of benzene rings is 1. The van der Waals surface area contributed by atoms with E-state index in [1.54, 1.807) is 13.1 Å². The third kappa shape index (κ3) is 3.57. The van der Waals surface area contributed by atoms with Crippen molar-refractivity contribution in [1.82, 2.24) is 4.90 Å². The molecule has 0 aromatic heterocycles. The van der Waals surface area contributed by atoms with Gasteiger partial charge in [0.05, 0.1) is 19.1 Å². The maximum absolute atomic E-state index is 12.2. The van der Waals surface area contributed by atoms with Crippen molar-refractivity contribution < 1.29 is 14.3 Å². The van der Waals surface area contributed by atoms with Crippen molar-refractivity contribution in [3.63, 3.8) is 0 Å². The molecule has 0 N–H and O–H groups in total. The van der Waals surface area contributed by atoms with Crippen molar-refractivity contribution in [2.75, 3.05) is 20.7 Å². The summed E-state index contributed by atoms with van der Waals surface area (Å²) in [7, 11) is 3.00. The second-order valence-electron chi connectivity index (χ2n) is 3.99. The number of carbonyl (C=O) groups is 2. The third-order valence-electron chi connectivity index (χ3n) is 2.65. The number of hydrogen-bond donors (Lipinski definition) is 0. The lowest BCUT2D eigenvalue weighted by Crippen LogP contribution is -2.29. The first-order valence-corrected chi connectivity index (χ1v) is 6.34. The number of esters is 1. The molecule has 18 heavy (non-hydrogen) atoms. The van der Waals surface area contributed by atoms with Gasteiger partial charge < -0.3 is 9.64 Å². The molecule has 0 aliphatic rings. The minimum atomic E-state index is -0.321. The molecule has 0 atom stereocenters. The van der Waals surface area contributed by atoms with Crippen LogP contribution in [-0.2, 0) is 9.53 Å². The number of methoxy groups -OCH3 is 1. The third-order valence-corrected chi connectivity index (χ3v) is 3.70. The molecule has 0 saturated carbocycles. The van der Waals surface area contributed by atoms with Crippen LogP contribution in [0.4, 0.5) is 0 Å². The van der Waals surface area contributed by atoms with Gasteiger partial charge in [0.1, 0.15) is 0 Å². The van der Waals surface area contributed by atoms with Crippen LogP contribution in [0.1, 0.15) is 22.3 Å². The maximum Gasteiger partial charge on any atom is 0.307 e. The van der Waals surface area contributed by atoms with E-state index in [1.165, 1.54) is 12.0 Å². The van der Waals surface area contributed by atoms with Crippen LogP contribution in [-0.4, -0.2) is 37.5 Å². The Hall–Kier alpha value is -1.36. The Morgan fingerprint density at radius 1 is 1.39 bits per heavy atom.